The molecule has 1 heterocycles. The lowest BCUT2D eigenvalue weighted by Crippen LogP contribution is -1.94. The Hall–Kier alpha value is -2.46. The molecule has 0 fully saturated rings. The van der Waals surface area contributed by atoms with Crippen molar-refractivity contribution in [3.63, 3.8) is 0 Å². The minimum Gasteiger partial charge on any atom is -0.437 e. The molecule has 5 heteroatoms. The quantitative estimate of drug-likeness (QED) is 0.685. The Kier molecular flexibility index (Phi) is 3.31. The van der Waals surface area contributed by atoms with Crippen molar-refractivity contribution in [2.45, 2.75) is 0 Å². The van der Waals surface area contributed by atoms with E-state index in [-0.39, 0.29) is 0 Å². The topological polar surface area (TPSA) is 52.1 Å². The third-order valence-electron chi connectivity index (χ3n) is 2.77. The van der Waals surface area contributed by atoms with Crippen molar-refractivity contribution in [1.82, 2.24) is 9.97 Å². The number of fused-ring (bicyclic) bond motifs is 1. The first kappa shape index (κ1) is 12.6. The van der Waals surface area contributed by atoms with Gasteiger partial charge < -0.3 is 4.74 Å². The Balaban J connectivity index is 2.01. The lowest BCUT2D eigenvalue weighted by atomic mass is 10.2. The fraction of sp³-hybridized carbons (Fsp3) is 0. The summed E-state index contributed by atoms with van der Waals surface area (Å²) >= 11 is 5.94. The van der Waals surface area contributed by atoms with E-state index in [0.29, 0.717) is 28.5 Å². The molecule has 0 atom stereocenters. The van der Waals surface area contributed by atoms with E-state index in [4.69, 9.17) is 16.3 Å². The molecule has 0 aliphatic heterocycles. The lowest BCUT2D eigenvalue weighted by Gasteiger charge is -2.08. The fourth-order valence-electron chi connectivity index (χ4n) is 1.82. The molecule has 0 aliphatic carbocycles. The highest BCUT2D eigenvalue weighted by Crippen LogP contribution is 2.28. The predicted molar refractivity (Wildman–Crippen MR) is 76.5 cm³/mol. The summed E-state index contributed by atoms with van der Waals surface area (Å²) in [4.78, 5) is 19.6. The van der Waals surface area contributed by atoms with Gasteiger partial charge in [-0.05, 0) is 24.3 Å². The number of hydrogen-bond donors (Lipinski definition) is 0. The average molecular weight is 285 g/mol. The number of rotatable bonds is 3. The average Bonchev–Trinajstić information content (AvgIpc) is 2.47. The van der Waals surface area contributed by atoms with Crippen LogP contribution in [-0.2, 0) is 0 Å². The van der Waals surface area contributed by atoms with E-state index in [1.165, 1.54) is 6.20 Å². The van der Waals surface area contributed by atoms with Crippen molar-refractivity contribution in [2.24, 2.45) is 0 Å². The van der Waals surface area contributed by atoms with Crippen LogP contribution in [0.1, 0.15) is 10.4 Å². The van der Waals surface area contributed by atoms with E-state index in [9.17, 15) is 4.79 Å². The maximum atomic E-state index is 11.1. The molecular formula is C15H9ClN2O2. The van der Waals surface area contributed by atoms with Gasteiger partial charge in [0, 0.05) is 0 Å². The Morgan fingerprint density at radius 1 is 1.05 bits per heavy atom. The SMILES string of the molecule is O=Cc1c(Cl)cccc1Oc1cnc2ccccc2n1. The summed E-state index contributed by atoms with van der Waals surface area (Å²) in [7, 11) is 0. The highest BCUT2D eigenvalue weighted by molar-refractivity contribution is 6.33. The summed E-state index contributed by atoms with van der Waals surface area (Å²) in [5, 5.41) is 0.339. The molecule has 0 saturated carbocycles. The van der Waals surface area contributed by atoms with Crippen LogP contribution in [0.4, 0.5) is 0 Å². The van der Waals surface area contributed by atoms with Gasteiger partial charge in [0.05, 0.1) is 27.8 Å². The molecule has 0 N–H and O–H groups in total. The number of carbonyl (C=O) groups is 1. The van der Waals surface area contributed by atoms with Crippen molar-refractivity contribution in [3.05, 3.63) is 59.2 Å². The van der Waals surface area contributed by atoms with Crippen LogP contribution in [0.5, 0.6) is 11.6 Å². The van der Waals surface area contributed by atoms with Crippen LogP contribution in [0.15, 0.2) is 48.7 Å². The van der Waals surface area contributed by atoms with E-state index in [2.05, 4.69) is 9.97 Å². The van der Waals surface area contributed by atoms with Gasteiger partial charge in [-0.1, -0.05) is 29.8 Å². The highest BCUT2D eigenvalue weighted by Gasteiger charge is 2.09. The summed E-state index contributed by atoms with van der Waals surface area (Å²) in [6, 6.07) is 12.5. The summed E-state index contributed by atoms with van der Waals surface area (Å²) in [6.45, 7) is 0. The number of hydrogen-bond acceptors (Lipinski definition) is 4. The molecule has 4 nitrogen and oxygen atoms in total. The zero-order valence-electron chi connectivity index (χ0n) is 10.3. The van der Waals surface area contributed by atoms with E-state index in [1.54, 1.807) is 18.2 Å². The molecule has 0 aliphatic rings. The summed E-state index contributed by atoms with van der Waals surface area (Å²) in [5.41, 5.74) is 1.80. The highest BCUT2D eigenvalue weighted by atomic mass is 35.5. The van der Waals surface area contributed by atoms with Crippen LogP contribution in [0.3, 0.4) is 0 Å². The maximum absolute atomic E-state index is 11.1. The smallest absolute Gasteiger partial charge is 0.238 e. The van der Waals surface area contributed by atoms with Crippen molar-refractivity contribution in [3.8, 4) is 11.6 Å². The van der Waals surface area contributed by atoms with Crippen molar-refractivity contribution in [2.75, 3.05) is 0 Å². The first-order valence-electron chi connectivity index (χ1n) is 5.91. The zero-order chi connectivity index (χ0) is 13.9. The molecule has 0 spiro atoms. The number of benzene rings is 2. The number of nitrogens with zero attached hydrogens (tertiary/aromatic N) is 2. The van der Waals surface area contributed by atoms with Gasteiger partial charge in [-0.3, -0.25) is 4.79 Å². The summed E-state index contributed by atoms with van der Waals surface area (Å²) in [6.07, 6.45) is 2.17. The van der Waals surface area contributed by atoms with E-state index in [1.807, 2.05) is 24.3 Å². The monoisotopic (exact) mass is 284 g/mol. The second-order valence-corrected chi connectivity index (χ2v) is 4.48. The molecule has 98 valence electrons. The molecule has 1 aromatic heterocycles. The molecule has 0 radical (unpaired) electrons. The molecule has 2 aromatic carbocycles. The summed E-state index contributed by atoms with van der Waals surface area (Å²) < 4.78 is 5.60. The van der Waals surface area contributed by atoms with E-state index < -0.39 is 0 Å². The Bertz CT molecular complexity index is 790. The van der Waals surface area contributed by atoms with Gasteiger partial charge in [-0.25, -0.2) is 9.97 Å². The maximum Gasteiger partial charge on any atom is 0.238 e. The molecule has 20 heavy (non-hydrogen) atoms. The number of para-hydroxylation sites is 2. The Morgan fingerprint density at radius 2 is 1.85 bits per heavy atom. The van der Waals surface area contributed by atoms with Gasteiger partial charge in [0.15, 0.2) is 6.29 Å². The zero-order valence-corrected chi connectivity index (χ0v) is 11.0. The second-order valence-electron chi connectivity index (χ2n) is 4.07. The molecule has 3 rings (SSSR count). The number of aldehydes is 1. The standard InChI is InChI=1S/C15H9ClN2O2/c16-11-4-3-7-14(10(11)9-19)20-15-8-17-12-5-1-2-6-13(12)18-15/h1-9H. The minimum absolute atomic E-state index is 0.295. The van der Waals surface area contributed by atoms with Crippen LogP contribution >= 0.6 is 11.6 Å². The van der Waals surface area contributed by atoms with E-state index >= 15 is 0 Å². The second kappa shape index (κ2) is 5.27. The predicted octanol–water partition coefficient (Wildman–Crippen LogP) is 3.89. The molecule has 0 saturated heterocycles. The lowest BCUT2D eigenvalue weighted by molar-refractivity contribution is 0.112. The van der Waals surface area contributed by atoms with Crippen LogP contribution in [0.25, 0.3) is 11.0 Å². The third-order valence-corrected chi connectivity index (χ3v) is 3.10. The number of aromatic nitrogens is 2. The van der Waals surface area contributed by atoms with E-state index in [0.717, 1.165) is 11.0 Å². The molecule has 0 unspecified atom stereocenters. The van der Waals surface area contributed by atoms with Gasteiger partial charge in [-0.2, -0.15) is 0 Å². The molecular weight excluding hydrogens is 276 g/mol. The first-order chi connectivity index (χ1) is 9.78. The van der Waals surface area contributed by atoms with Crippen LogP contribution in [0.2, 0.25) is 5.02 Å². The fourth-order valence-corrected chi connectivity index (χ4v) is 2.03. The largest absolute Gasteiger partial charge is 0.437 e. The number of ether oxygens (including phenoxy) is 1. The van der Waals surface area contributed by atoms with Crippen LogP contribution < -0.4 is 4.74 Å². The first-order valence-corrected chi connectivity index (χ1v) is 6.29. The Labute approximate surface area is 120 Å². The summed E-state index contributed by atoms with van der Waals surface area (Å²) in [5.74, 6) is 0.672. The third kappa shape index (κ3) is 2.33. The van der Waals surface area contributed by atoms with Crippen LogP contribution in [0, 0.1) is 0 Å². The van der Waals surface area contributed by atoms with Gasteiger partial charge in [0.1, 0.15) is 5.75 Å². The Morgan fingerprint density at radius 3 is 2.65 bits per heavy atom. The molecule has 0 bridgehead atoms. The van der Waals surface area contributed by atoms with Crippen molar-refractivity contribution < 1.29 is 9.53 Å². The molecule has 3 aromatic rings. The van der Waals surface area contributed by atoms with Gasteiger partial charge >= 0.3 is 0 Å². The van der Waals surface area contributed by atoms with Crippen molar-refractivity contribution >= 4 is 28.9 Å². The number of halogens is 1. The van der Waals surface area contributed by atoms with Gasteiger partial charge in [0.2, 0.25) is 5.88 Å². The number of carbonyl (C=O) groups excluding carboxylic acids is 1. The van der Waals surface area contributed by atoms with Gasteiger partial charge in [0.25, 0.3) is 0 Å². The minimum atomic E-state index is 0.295. The van der Waals surface area contributed by atoms with Gasteiger partial charge in [-0.15, -0.1) is 0 Å². The normalized spacial score (nSPS) is 10.4. The van der Waals surface area contributed by atoms with Crippen molar-refractivity contribution in [1.29, 1.82) is 0 Å². The van der Waals surface area contributed by atoms with Crippen LogP contribution in [-0.4, -0.2) is 16.3 Å². The molecule has 0 amide bonds.